The van der Waals surface area contributed by atoms with Gasteiger partial charge in [-0.05, 0) is 62.1 Å². The van der Waals surface area contributed by atoms with Gasteiger partial charge in [0.25, 0.3) is 0 Å². The average molecular weight is 341 g/mol. The van der Waals surface area contributed by atoms with Crippen LogP contribution in [0.3, 0.4) is 0 Å². The van der Waals surface area contributed by atoms with Gasteiger partial charge >= 0.3 is 0 Å². The van der Waals surface area contributed by atoms with Crippen LogP contribution in [0.5, 0.6) is 0 Å². The maximum absolute atomic E-state index is 6.34. The third-order valence-electron chi connectivity index (χ3n) is 3.88. The lowest BCUT2D eigenvalue weighted by Crippen LogP contribution is -2.20. The van der Waals surface area contributed by atoms with Crippen molar-refractivity contribution < 1.29 is 0 Å². The fraction of sp³-hybridized carbons (Fsp3) is 0.263. The number of allylic oxidation sites excluding steroid dienone is 1. The third-order valence-corrected chi connectivity index (χ3v) is 4.27. The number of pyridine rings is 1. The lowest BCUT2D eigenvalue weighted by Gasteiger charge is -2.15. The van der Waals surface area contributed by atoms with Crippen molar-refractivity contribution in [1.82, 2.24) is 4.98 Å². The molecule has 0 saturated heterocycles. The molecule has 2 N–H and O–H groups in total. The second-order valence-corrected chi connectivity index (χ2v) is 6.22. The van der Waals surface area contributed by atoms with Crippen molar-refractivity contribution in [2.24, 2.45) is 4.99 Å². The molecule has 2 aromatic rings. The van der Waals surface area contributed by atoms with Crippen molar-refractivity contribution in [2.45, 2.75) is 32.9 Å². The number of anilines is 2. The zero-order valence-electron chi connectivity index (χ0n) is 13.9. The molecule has 1 aliphatic rings. The van der Waals surface area contributed by atoms with E-state index >= 15 is 0 Å². The van der Waals surface area contributed by atoms with E-state index in [1.54, 1.807) is 0 Å². The summed E-state index contributed by atoms with van der Waals surface area (Å²) in [7, 11) is 0. The Morgan fingerprint density at radius 1 is 1.21 bits per heavy atom. The van der Waals surface area contributed by atoms with E-state index in [1.807, 2.05) is 32.2 Å². The van der Waals surface area contributed by atoms with E-state index in [1.165, 1.54) is 11.1 Å². The van der Waals surface area contributed by atoms with Gasteiger partial charge in [-0.25, -0.2) is 9.98 Å². The molecular formula is C19H21ClN4. The molecule has 0 amide bonds. The van der Waals surface area contributed by atoms with E-state index in [0.717, 1.165) is 24.3 Å². The topological polar surface area (TPSA) is 49.3 Å². The zero-order chi connectivity index (χ0) is 16.9. The molecule has 0 fully saturated rings. The number of fused-ring (bicyclic) bond motifs is 4. The highest BCUT2D eigenvalue weighted by molar-refractivity contribution is 6.44. The van der Waals surface area contributed by atoms with Crippen LogP contribution in [0.25, 0.3) is 0 Å². The van der Waals surface area contributed by atoms with Crippen molar-refractivity contribution in [1.29, 1.82) is 0 Å². The lowest BCUT2D eigenvalue weighted by molar-refractivity contribution is 0.843. The third kappa shape index (κ3) is 4.15. The summed E-state index contributed by atoms with van der Waals surface area (Å²) < 4.78 is 0. The second-order valence-electron chi connectivity index (χ2n) is 5.81. The van der Waals surface area contributed by atoms with Gasteiger partial charge in [-0.2, -0.15) is 0 Å². The molecule has 1 aliphatic heterocycles. The molecule has 1 unspecified atom stereocenters. The Labute approximate surface area is 147 Å². The molecule has 2 heterocycles. The van der Waals surface area contributed by atoms with Crippen LogP contribution in [0, 0.1) is 0 Å². The number of rotatable bonds is 1. The maximum atomic E-state index is 6.34. The first-order valence-electron chi connectivity index (χ1n) is 8.11. The van der Waals surface area contributed by atoms with E-state index in [4.69, 9.17) is 11.6 Å². The van der Waals surface area contributed by atoms with Crippen LogP contribution >= 0.6 is 11.6 Å². The van der Waals surface area contributed by atoms with Gasteiger partial charge in [-0.3, -0.25) is 0 Å². The predicted octanol–water partition coefficient (Wildman–Crippen LogP) is 4.59. The number of aliphatic imine (C=N–C) groups is 1. The summed E-state index contributed by atoms with van der Waals surface area (Å²) in [4.78, 5) is 9.05. The quantitative estimate of drug-likeness (QED) is 0.798. The highest BCUT2D eigenvalue weighted by Crippen LogP contribution is 2.18. The Balaban J connectivity index is 2.03. The Bertz CT molecular complexity index is 782. The summed E-state index contributed by atoms with van der Waals surface area (Å²) in [5, 5.41) is 7.24. The van der Waals surface area contributed by atoms with Gasteiger partial charge in [0.05, 0.1) is 5.03 Å². The zero-order valence-corrected chi connectivity index (χ0v) is 14.6. The second kappa shape index (κ2) is 7.49. The number of hydrogen-bond acceptors (Lipinski definition) is 4. The van der Waals surface area contributed by atoms with E-state index in [2.05, 4.69) is 50.9 Å². The molecule has 0 aliphatic carbocycles. The van der Waals surface area contributed by atoms with Crippen LogP contribution in [-0.4, -0.2) is 17.0 Å². The lowest BCUT2D eigenvalue weighted by atomic mass is 10.0. The highest BCUT2D eigenvalue weighted by Gasteiger charge is 2.10. The largest absolute Gasteiger partial charge is 0.349 e. The SMILES string of the molecule is C/C=C(Cl)\C1=N/C(C)Nc2cc(ccn2)CCc2cccc(c2)N1. The van der Waals surface area contributed by atoms with Crippen LogP contribution in [0.15, 0.2) is 58.7 Å². The van der Waals surface area contributed by atoms with Gasteiger partial charge in [0.1, 0.15) is 17.8 Å². The molecule has 3 rings (SSSR count). The minimum Gasteiger partial charge on any atom is -0.349 e. The van der Waals surface area contributed by atoms with Crippen LogP contribution in [0.1, 0.15) is 25.0 Å². The smallest absolute Gasteiger partial charge is 0.146 e. The van der Waals surface area contributed by atoms with Crippen molar-refractivity contribution in [3.63, 3.8) is 0 Å². The molecule has 0 radical (unpaired) electrons. The van der Waals surface area contributed by atoms with Gasteiger partial charge in [-0.1, -0.05) is 29.8 Å². The number of hydrogen-bond donors (Lipinski definition) is 2. The summed E-state index contributed by atoms with van der Waals surface area (Å²) in [5.74, 6) is 1.47. The maximum Gasteiger partial charge on any atom is 0.146 e. The van der Waals surface area contributed by atoms with Crippen molar-refractivity contribution in [3.05, 3.63) is 64.8 Å². The van der Waals surface area contributed by atoms with E-state index < -0.39 is 0 Å². The molecule has 1 aromatic heterocycles. The fourth-order valence-electron chi connectivity index (χ4n) is 2.67. The Kier molecular flexibility index (Phi) is 5.16. The highest BCUT2D eigenvalue weighted by atomic mass is 35.5. The van der Waals surface area contributed by atoms with E-state index in [9.17, 15) is 0 Å². The standard InChI is InChI=1S/C19H21ClN4/c1-3-17(20)19-23-13(2)22-18-12-15(9-10-21-18)8-7-14-5-4-6-16(11-14)24-19/h3-6,9-13H,7-8H2,1-2H3,(H,21,22)(H,23,24)/b17-3+. The summed E-state index contributed by atoms with van der Waals surface area (Å²) in [6, 6.07) is 12.5. The Hall–Kier alpha value is -2.33. The molecule has 4 nitrogen and oxygen atoms in total. The van der Waals surface area contributed by atoms with E-state index in [0.29, 0.717) is 10.9 Å². The van der Waals surface area contributed by atoms with Gasteiger partial charge in [0, 0.05) is 11.9 Å². The number of nitrogens with one attached hydrogen (secondary N) is 2. The molecule has 1 atom stereocenters. The number of aryl methyl sites for hydroxylation is 2. The van der Waals surface area contributed by atoms with Crippen molar-refractivity contribution in [2.75, 3.05) is 10.6 Å². The number of halogens is 1. The van der Waals surface area contributed by atoms with Crippen molar-refractivity contribution in [3.8, 4) is 0 Å². The Morgan fingerprint density at radius 2 is 2.00 bits per heavy atom. The van der Waals surface area contributed by atoms with Gasteiger partial charge in [0.2, 0.25) is 0 Å². The average Bonchev–Trinajstić information content (AvgIpc) is 2.59. The summed E-state index contributed by atoms with van der Waals surface area (Å²) in [5.41, 5.74) is 3.52. The first kappa shape index (κ1) is 16.5. The predicted molar refractivity (Wildman–Crippen MR) is 102 cm³/mol. The van der Waals surface area contributed by atoms with Crippen molar-refractivity contribution >= 4 is 28.9 Å². The summed E-state index contributed by atoms with van der Waals surface area (Å²) >= 11 is 6.34. The minimum absolute atomic E-state index is 0.159. The number of amidine groups is 1. The molecule has 24 heavy (non-hydrogen) atoms. The monoisotopic (exact) mass is 340 g/mol. The van der Waals surface area contributed by atoms with Gasteiger partial charge in [-0.15, -0.1) is 0 Å². The van der Waals surface area contributed by atoms with Crippen LogP contribution in [0.4, 0.5) is 11.5 Å². The van der Waals surface area contributed by atoms with Gasteiger partial charge in [0.15, 0.2) is 0 Å². The molecule has 1 aromatic carbocycles. The van der Waals surface area contributed by atoms with Crippen LogP contribution in [0.2, 0.25) is 0 Å². The van der Waals surface area contributed by atoms with Gasteiger partial charge < -0.3 is 10.6 Å². The number of nitrogens with zero attached hydrogens (tertiary/aromatic N) is 2. The summed E-state index contributed by atoms with van der Waals surface area (Å²) in [6.45, 7) is 3.87. The first-order chi connectivity index (χ1) is 11.6. The minimum atomic E-state index is -0.159. The van der Waals surface area contributed by atoms with E-state index in [-0.39, 0.29) is 6.17 Å². The first-order valence-corrected chi connectivity index (χ1v) is 8.49. The molecule has 124 valence electrons. The number of aromatic nitrogens is 1. The molecule has 5 heteroatoms. The fourth-order valence-corrected chi connectivity index (χ4v) is 2.77. The Morgan fingerprint density at radius 3 is 2.79 bits per heavy atom. The molecule has 0 spiro atoms. The molecule has 4 bridgehead atoms. The van der Waals surface area contributed by atoms with Crippen LogP contribution in [-0.2, 0) is 12.8 Å². The molecule has 0 saturated carbocycles. The molecular weight excluding hydrogens is 320 g/mol. The van der Waals surface area contributed by atoms with Crippen LogP contribution < -0.4 is 10.6 Å². The normalized spacial score (nSPS) is 20.4. The summed E-state index contributed by atoms with van der Waals surface area (Å²) in [6.07, 6.45) is 5.45. The number of benzene rings is 1.